The standard InChI is InChI=1S/C7H13NO.C3H8O3S/c1-5-6(9)8-7(2,3)4;1-2-3-7(4,5)6/h5H,1H2,2-4H3,(H,8,9);2-3H2,1H3,(H,4,5,6). The van der Waals surface area contributed by atoms with Gasteiger partial charge >= 0.3 is 0 Å². The molecule has 16 heavy (non-hydrogen) atoms. The molecule has 0 atom stereocenters. The van der Waals surface area contributed by atoms with Crippen molar-refractivity contribution >= 4 is 16.0 Å². The van der Waals surface area contributed by atoms with Crippen LogP contribution in [-0.2, 0) is 14.9 Å². The highest BCUT2D eigenvalue weighted by Gasteiger charge is 2.10. The Balaban J connectivity index is 0. The Hall–Kier alpha value is -0.880. The SMILES string of the molecule is C=CC(=O)NC(C)(C)C.CCCS(=O)(=O)O. The third kappa shape index (κ3) is 18.8. The molecule has 0 radical (unpaired) electrons. The summed E-state index contributed by atoms with van der Waals surface area (Å²) in [6.07, 6.45) is 1.74. The Bertz CT molecular complexity index is 314. The molecule has 0 aromatic carbocycles. The van der Waals surface area contributed by atoms with Crippen molar-refractivity contribution in [3.63, 3.8) is 0 Å². The van der Waals surface area contributed by atoms with Crippen molar-refractivity contribution in [2.45, 2.75) is 39.7 Å². The lowest BCUT2D eigenvalue weighted by molar-refractivity contribution is -0.117. The number of rotatable bonds is 3. The second kappa shape index (κ2) is 7.40. The topological polar surface area (TPSA) is 83.5 Å². The van der Waals surface area contributed by atoms with Crippen LogP contribution < -0.4 is 5.32 Å². The van der Waals surface area contributed by atoms with Crippen LogP contribution in [0.1, 0.15) is 34.1 Å². The van der Waals surface area contributed by atoms with Crippen LogP contribution in [0.4, 0.5) is 0 Å². The third-order valence-corrected chi connectivity index (χ3v) is 2.07. The molecule has 6 heteroatoms. The lowest BCUT2D eigenvalue weighted by Crippen LogP contribution is -2.39. The van der Waals surface area contributed by atoms with E-state index in [0.29, 0.717) is 6.42 Å². The molecular weight excluding hydrogens is 230 g/mol. The molecule has 0 unspecified atom stereocenters. The van der Waals surface area contributed by atoms with Crippen molar-refractivity contribution in [3.05, 3.63) is 12.7 Å². The van der Waals surface area contributed by atoms with Gasteiger partial charge in [-0.05, 0) is 33.3 Å². The summed E-state index contributed by atoms with van der Waals surface area (Å²) >= 11 is 0. The molecular formula is C10H21NO4S. The predicted octanol–water partition coefficient (Wildman–Crippen LogP) is 1.37. The minimum absolute atomic E-state index is 0.123. The van der Waals surface area contributed by atoms with Gasteiger partial charge in [-0.1, -0.05) is 13.5 Å². The van der Waals surface area contributed by atoms with Gasteiger partial charge in [-0.3, -0.25) is 9.35 Å². The van der Waals surface area contributed by atoms with E-state index in [-0.39, 0.29) is 17.2 Å². The summed E-state index contributed by atoms with van der Waals surface area (Å²) in [5.41, 5.74) is -0.148. The van der Waals surface area contributed by atoms with Crippen LogP contribution in [0.3, 0.4) is 0 Å². The minimum atomic E-state index is -3.67. The molecule has 0 aromatic rings. The van der Waals surface area contributed by atoms with Gasteiger partial charge in [-0.25, -0.2) is 0 Å². The van der Waals surface area contributed by atoms with Gasteiger partial charge in [0.1, 0.15) is 0 Å². The molecule has 0 rings (SSSR count). The van der Waals surface area contributed by atoms with Crippen molar-refractivity contribution in [3.8, 4) is 0 Å². The number of carbonyl (C=O) groups is 1. The monoisotopic (exact) mass is 251 g/mol. The molecule has 0 heterocycles. The van der Waals surface area contributed by atoms with Gasteiger partial charge in [0.25, 0.3) is 10.1 Å². The Morgan fingerprint density at radius 3 is 1.94 bits per heavy atom. The zero-order chi connectivity index (χ0) is 13.4. The zero-order valence-electron chi connectivity index (χ0n) is 10.3. The van der Waals surface area contributed by atoms with E-state index >= 15 is 0 Å². The molecule has 2 N–H and O–H groups in total. The summed E-state index contributed by atoms with van der Waals surface area (Å²) < 4.78 is 27.6. The molecule has 0 aromatic heterocycles. The average molecular weight is 251 g/mol. The van der Waals surface area contributed by atoms with Crippen molar-refractivity contribution in [2.75, 3.05) is 5.75 Å². The first kappa shape index (κ1) is 17.5. The molecule has 0 spiro atoms. The zero-order valence-corrected chi connectivity index (χ0v) is 11.1. The van der Waals surface area contributed by atoms with Crippen LogP contribution >= 0.6 is 0 Å². The third-order valence-electron chi connectivity index (χ3n) is 1.15. The van der Waals surface area contributed by atoms with E-state index in [9.17, 15) is 13.2 Å². The smallest absolute Gasteiger partial charge is 0.264 e. The summed E-state index contributed by atoms with van der Waals surface area (Å²) in [6, 6.07) is 0. The first-order valence-electron chi connectivity index (χ1n) is 4.91. The maximum Gasteiger partial charge on any atom is 0.264 e. The second-order valence-corrected chi connectivity index (χ2v) is 5.80. The van der Waals surface area contributed by atoms with Crippen molar-refractivity contribution in [1.82, 2.24) is 5.32 Å². The van der Waals surface area contributed by atoms with E-state index in [4.69, 9.17) is 4.55 Å². The fourth-order valence-electron chi connectivity index (χ4n) is 0.679. The summed E-state index contributed by atoms with van der Waals surface area (Å²) in [6.45, 7) is 10.8. The summed E-state index contributed by atoms with van der Waals surface area (Å²) in [5, 5.41) is 2.71. The molecule has 0 aliphatic rings. The van der Waals surface area contributed by atoms with E-state index in [1.54, 1.807) is 6.92 Å². The predicted molar refractivity (Wildman–Crippen MR) is 64.8 cm³/mol. The molecule has 96 valence electrons. The molecule has 0 saturated carbocycles. The molecule has 1 amide bonds. The lowest BCUT2D eigenvalue weighted by atomic mass is 10.1. The number of nitrogens with one attached hydrogen (secondary N) is 1. The van der Waals surface area contributed by atoms with E-state index in [2.05, 4.69) is 11.9 Å². The number of amides is 1. The van der Waals surface area contributed by atoms with Crippen molar-refractivity contribution < 1.29 is 17.8 Å². The van der Waals surface area contributed by atoms with E-state index in [1.165, 1.54) is 6.08 Å². The summed E-state index contributed by atoms with van der Waals surface area (Å²) in [7, 11) is -3.67. The van der Waals surface area contributed by atoms with Gasteiger partial charge in [-0.2, -0.15) is 8.42 Å². The molecule has 0 fully saturated rings. The highest BCUT2D eigenvalue weighted by atomic mass is 32.2. The van der Waals surface area contributed by atoms with E-state index < -0.39 is 10.1 Å². The van der Waals surface area contributed by atoms with Gasteiger partial charge in [0, 0.05) is 5.54 Å². The van der Waals surface area contributed by atoms with Crippen LogP contribution in [0.25, 0.3) is 0 Å². The van der Waals surface area contributed by atoms with Crippen LogP contribution in [0.15, 0.2) is 12.7 Å². The fourth-order valence-corrected chi connectivity index (χ4v) is 1.19. The summed E-state index contributed by atoms with van der Waals surface area (Å²) in [5.74, 6) is -0.255. The highest BCUT2D eigenvalue weighted by molar-refractivity contribution is 7.85. The normalized spacial score (nSPS) is 11.1. The largest absolute Gasteiger partial charge is 0.348 e. The van der Waals surface area contributed by atoms with Gasteiger partial charge in [0.05, 0.1) is 5.75 Å². The number of carbonyl (C=O) groups excluding carboxylic acids is 1. The van der Waals surface area contributed by atoms with Crippen LogP contribution in [0, 0.1) is 0 Å². The molecule has 5 nitrogen and oxygen atoms in total. The van der Waals surface area contributed by atoms with Crippen LogP contribution in [0.5, 0.6) is 0 Å². The van der Waals surface area contributed by atoms with Gasteiger partial charge in [-0.15, -0.1) is 0 Å². The second-order valence-electron chi connectivity index (χ2n) is 4.23. The number of hydrogen-bond donors (Lipinski definition) is 2. The van der Waals surface area contributed by atoms with Crippen molar-refractivity contribution in [2.24, 2.45) is 0 Å². The summed E-state index contributed by atoms with van der Waals surface area (Å²) in [4.78, 5) is 10.6. The molecule has 0 aliphatic carbocycles. The Kier molecular flexibility index (Phi) is 8.10. The van der Waals surface area contributed by atoms with Crippen molar-refractivity contribution in [1.29, 1.82) is 0 Å². The average Bonchev–Trinajstić information content (AvgIpc) is 1.99. The molecule has 0 bridgehead atoms. The lowest BCUT2D eigenvalue weighted by Gasteiger charge is -2.18. The Morgan fingerprint density at radius 1 is 1.44 bits per heavy atom. The minimum Gasteiger partial charge on any atom is -0.348 e. The Labute approximate surface area is 97.7 Å². The van der Waals surface area contributed by atoms with Gasteiger partial charge in [0.15, 0.2) is 0 Å². The fraction of sp³-hybridized carbons (Fsp3) is 0.700. The van der Waals surface area contributed by atoms with Gasteiger partial charge < -0.3 is 5.32 Å². The first-order valence-corrected chi connectivity index (χ1v) is 6.52. The molecule has 0 aliphatic heterocycles. The first-order chi connectivity index (χ1) is 7.02. The van der Waals surface area contributed by atoms with Crippen LogP contribution in [0.2, 0.25) is 0 Å². The quantitative estimate of drug-likeness (QED) is 0.586. The maximum atomic E-state index is 10.6. The maximum absolute atomic E-state index is 10.6. The van der Waals surface area contributed by atoms with Crippen LogP contribution in [-0.4, -0.2) is 30.2 Å². The molecule has 0 saturated heterocycles. The van der Waals surface area contributed by atoms with E-state index in [1.807, 2.05) is 20.8 Å². The highest BCUT2D eigenvalue weighted by Crippen LogP contribution is 1.97. The number of hydrogen-bond acceptors (Lipinski definition) is 3. The Morgan fingerprint density at radius 2 is 1.88 bits per heavy atom. The van der Waals surface area contributed by atoms with Gasteiger partial charge in [0.2, 0.25) is 5.91 Å². The van der Waals surface area contributed by atoms with E-state index in [0.717, 1.165) is 0 Å².